The number of rotatable bonds is 8. The predicted octanol–water partition coefficient (Wildman–Crippen LogP) is 5.02. The van der Waals surface area contributed by atoms with E-state index in [1.54, 1.807) is 33.5 Å². The minimum absolute atomic E-state index is 0. The van der Waals surface area contributed by atoms with Crippen LogP contribution in [0.5, 0.6) is 0 Å². The minimum atomic E-state index is -3.62. The number of carbonyl (C=O) groups is 1. The number of halogens is 2. The summed E-state index contributed by atoms with van der Waals surface area (Å²) < 4.78 is 42.8. The van der Waals surface area contributed by atoms with Gasteiger partial charge in [-0.05, 0) is 83.2 Å². The van der Waals surface area contributed by atoms with Gasteiger partial charge in [0, 0.05) is 24.7 Å². The summed E-state index contributed by atoms with van der Waals surface area (Å²) in [5.74, 6) is -0.717. The summed E-state index contributed by atoms with van der Waals surface area (Å²) in [4.78, 5) is 21.7. The Hall–Kier alpha value is -2.11. The van der Waals surface area contributed by atoms with Crippen molar-refractivity contribution in [3.05, 3.63) is 53.8 Å². The quantitative estimate of drug-likeness (QED) is 0.391. The molecule has 1 fully saturated rings. The zero-order valence-corrected chi connectivity index (χ0v) is 23.1. The number of carbonyl (C=O) groups excluding carboxylic acids is 1. The average molecular weight is 555 g/mol. The van der Waals surface area contributed by atoms with E-state index in [1.807, 2.05) is 25.9 Å². The largest absolute Gasteiger partial charge is 0.309 e. The molecule has 1 aliphatic heterocycles. The summed E-state index contributed by atoms with van der Waals surface area (Å²) in [6.45, 7) is 3.62. The van der Waals surface area contributed by atoms with Gasteiger partial charge in [-0.1, -0.05) is 23.8 Å². The van der Waals surface area contributed by atoms with E-state index in [9.17, 15) is 17.6 Å². The van der Waals surface area contributed by atoms with E-state index in [4.69, 9.17) is 0 Å². The summed E-state index contributed by atoms with van der Waals surface area (Å²) in [6, 6.07) is 10.8. The highest BCUT2D eigenvalue weighted by Crippen LogP contribution is 2.32. The van der Waals surface area contributed by atoms with Crippen LogP contribution in [0.3, 0.4) is 0 Å². The van der Waals surface area contributed by atoms with Gasteiger partial charge in [-0.25, -0.2) is 17.8 Å². The third-order valence-corrected chi connectivity index (χ3v) is 9.34. The number of piperidine rings is 1. The lowest BCUT2D eigenvalue weighted by molar-refractivity contribution is 0.0986. The molecule has 0 radical (unpaired) electrons. The summed E-state index contributed by atoms with van der Waals surface area (Å²) >= 11 is 1.27. The standard InChI is InChI=1S/C25H31FN4O3S2.ClH/c1-18-8-4-5-17-30(18)35(32,33)20-13-11-19(12-14-20)24(31)29(16-7-15-28(2)3)25-27-23-21(26)9-6-10-22(23)34-25;/h6,9-14,18H,4-5,7-8,15-17H2,1-3H3;1H. The van der Waals surface area contributed by atoms with Crippen LogP contribution in [0.15, 0.2) is 47.4 Å². The van der Waals surface area contributed by atoms with Crippen LogP contribution in [0.4, 0.5) is 9.52 Å². The summed E-state index contributed by atoms with van der Waals surface area (Å²) in [6.07, 6.45) is 3.43. The van der Waals surface area contributed by atoms with Crippen molar-refractivity contribution in [2.45, 2.75) is 43.5 Å². The highest BCUT2D eigenvalue weighted by atomic mass is 35.5. The fourth-order valence-corrected chi connectivity index (χ4v) is 7.04. The molecule has 1 amide bonds. The van der Waals surface area contributed by atoms with Gasteiger partial charge >= 0.3 is 0 Å². The van der Waals surface area contributed by atoms with E-state index in [0.717, 1.165) is 25.8 Å². The highest BCUT2D eigenvalue weighted by molar-refractivity contribution is 7.89. The lowest BCUT2D eigenvalue weighted by Crippen LogP contribution is -2.41. The molecule has 4 rings (SSSR count). The molecule has 1 unspecified atom stereocenters. The number of sulfonamides is 1. The molecule has 0 bridgehead atoms. The zero-order valence-electron chi connectivity index (χ0n) is 20.7. The number of benzene rings is 2. The van der Waals surface area contributed by atoms with Gasteiger partial charge in [-0.2, -0.15) is 4.31 Å². The number of fused-ring (bicyclic) bond motifs is 1. The highest BCUT2D eigenvalue weighted by Gasteiger charge is 2.31. The smallest absolute Gasteiger partial charge is 0.260 e. The fourth-order valence-electron chi connectivity index (χ4n) is 4.34. The number of thiazole rings is 1. The van der Waals surface area contributed by atoms with E-state index >= 15 is 0 Å². The van der Waals surface area contributed by atoms with Gasteiger partial charge in [-0.15, -0.1) is 12.4 Å². The van der Waals surface area contributed by atoms with Crippen LogP contribution in [-0.4, -0.2) is 68.3 Å². The Labute approximate surface area is 222 Å². The molecule has 0 aliphatic carbocycles. The molecule has 196 valence electrons. The number of amides is 1. The molecule has 0 N–H and O–H groups in total. The van der Waals surface area contributed by atoms with Gasteiger partial charge in [0.2, 0.25) is 10.0 Å². The first-order chi connectivity index (χ1) is 16.7. The van der Waals surface area contributed by atoms with Crippen LogP contribution in [0.25, 0.3) is 10.2 Å². The Morgan fingerprint density at radius 1 is 1.14 bits per heavy atom. The van der Waals surface area contributed by atoms with E-state index in [2.05, 4.69) is 4.98 Å². The van der Waals surface area contributed by atoms with E-state index < -0.39 is 15.8 Å². The molecule has 1 aliphatic rings. The summed E-state index contributed by atoms with van der Waals surface area (Å²) in [5, 5.41) is 0.424. The molecule has 1 saturated heterocycles. The SMILES string of the molecule is CC1CCCCN1S(=O)(=O)c1ccc(C(=O)N(CCCN(C)C)c2nc3c(F)cccc3s2)cc1.Cl. The minimum Gasteiger partial charge on any atom is -0.309 e. The molecule has 2 aromatic carbocycles. The van der Waals surface area contributed by atoms with E-state index in [1.165, 1.54) is 29.5 Å². The number of nitrogens with zero attached hydrogens (tertiary/aromatic N) is 4. The van der Waals surface area contributed by atoms with Crippen molar-refractivity contribution in [2.24, 2.45) is 0 Å². The molecule has 2 heterocycles. The van der Waals surface area contributed by atoms with Crippen LogP contribution >= 0.6 is 23.7 Å². The molecule has 3 aromatic rings. The molecule has 7 nitrogen and oxygen atoms in total. The maximum absolute atomic E-state index is 14.3. The molecule has 11 heteroatoms. The Kier molecular flexibility index (Phi) is 9.45. The molecular formula is C25H32ClFN4O3S2. The normalized spacial score (nSPS) is 16.8. The molecular weight excluding hydrogens is 523 g/mol. The lowest BCUT2D eigenvalue weighted by Gasteiger charge is -2.32. The van der Waals surface area contributed by atoms with Gasteiger partial charge in [0.05, 0.1) is 9.60 Å². The van der Waals surface area contributed by atoms with Crippen molar-refractivity contribution in [1.29, 1.82) is 0 Å². The number of aromatic nitrogens is 1. The predicted molar refractivity (Wildman–Crippen MR) is 145 cm³/mol. The van der Waals surface area contributed by atoms with Gasteiger partial charge in [-0.3, -0.25) is 9.69 Å². The first-order valence-corrected chi connectivity index (χ1v) is 14.1. The Balaban J connectivity index is 0.00000361. The van der Waals surface area contributed by atoms with E-state index in [0.29, 0.717) is 34.9 Å². The van der Waals surface area contributed by atoms with Crippen molar-refractivity contribution in [1.82, 2.24) is 14.2 Å². The monoisotopic (exact) mass is 554 g/mol. The first kappa shape index (κ1) is 28.5. The second-order valence-electron chi connectivity index (χ2n) is 9.18. The third-order valence-electron chi connectivity index (χ3n) is 6.27. The maximum atomic E-state index is 14.3. The van der Waals surface area contributed by atoms with Gasteiger partial charge < -0.3 is 4.90 Å². The first-order valence-electron chi connectivity index (χ1n) is 11.8. The Morgan fingerprint density at radius 3 is 2.50 bits per heavy atom. The lowest BCUT2D eigenvalue weighted by atomic mass is 10.1. The van der Waals surface area contributed by atoms with Crippen molar-refractivity contribution in [3.8, 4) is 0 Å². The molecule has 0 saturated carbocycles. The topological polar surface area (TPSA) is 73.8 Å². The second-order valence-corrected chi connectivity index (χ2v) is 12.1. The maximum Gasteiger partial charge on any atom is 0.260 e. The third kappa shape index (κ3) is 6.06. The number of hydrogen-bond acceptors (Lipinski definition) is 6. The average Bonchev–Trinajstić information content (AvgIpc) is 3.27. The van der Waals surface area contributed by atoms with Crippen LogP contribution in [0.2, 0.25) is 0 Å². The van der Waals surface area contributed by atoms with Crippen LogP contribution < -0.4 is 4.90 Å². The molecule has 1 aromatic heterocycles. The Morgan fingerprint density at radius 2 is 1.86 bits per heavy atom. The van der Waals surface area contributed by atoms with Crippen LogP contribution in [0, 0.1) is 5.82 Å². The molecule has 1 atom stereocenters. The summed E-state index contributed by atoms with van der Waals surface area (Å²) in [5.41, 5.74) is 0.607. The zero-order chi connectivity index (χ0) is 25.2. The second kappa shape index (κ2) is 12.0. The van der Waals surface area contributed by atoms with Crippen molar-refractivity contribution in [2.75, 3.05) is 38.6 Å². The van der Waals surface area contributed by atoms with Crippen LogP contribution in [-0.2, 0) is 10.0 Å². The number of hydrogen-bond donors (Lipinski definition) is 0. The number of anilines is 1. The Bertz CT molecular complexity index is 1300. The van der Waals surface area contributed by atoms with Gasteiger partial charge in [0.15, 0.2) is 5.13 Å². The van der Waals surface area contributed by atoms with Crippen molar-refractivity contribution in [3.63, 3.8) is 0 Å². The van der Waals surface area contributed by atoms with Gasteiger partial charge in [0.25, 0.3) is 5.91 Å². The van der Waals surface area contributed by atoms with Crippen molar-refractivity contribution < 1.29 is 17.6 Å². The molecule has 0 spiro atoms. The van der Waals surface area contributed by atoms with Gasteiger partial charge in [0.1, 0.15) is 11.3 Å². The molecule has 36 heavy (non-hydrogen) atoms. The fraction of sp³-hybridized carbons (Fsp3) is 0.440. The summed E-state index contributed by atoms with van der Waals surface area (Å²) in [7, 11) is 0.299. The van der Waals surface area contributed by atoms with Crippen LogP contribution in [0.1, 0.15) is 43.0 Å². The van der Waals surface area contributed by atoms with Crippen molar-refractivity contribution >= 4 is 55.0 Å². The van der Waals surface area contributed by atoms with E-state index in [-0.39, 0.29) is 34.8 Å². The number of para-hydroxylation sites is 1.